The lowest BCUT2D eigenvalue weighted by Gasteiger charge is -2.23. The molecule has 0 aromatic rings. The van der Waals surface area contributed by atoms with Gasteiger partial charge in [-0.25, -0.2) is 0 Å². The first-order chi connectivity index (χ1) is 6.69. The van der Waals surface area contributed by atoms with Crippen molar-refractivity contribution >= 4 is 11.8 Å². The normalized spacial score (nSPS) is 15.9. The molecule has 0 heterocycles. The van der Waals surface area contributed by atoms with Crippen molar-refractivity contribution in [3.8, 4) is 0 Å². The van der Waals surface area contributed by atoms with Gasteiger partial charge in [0.05, 0.1) is 6.61 Å². The van der Waals surface area contributed by atoms with Gasteiger partial charge in [0.2, 0.25) is 0 Å². The van der Waals surface area contributed by atoms with E-state index in [1.165, 1.54) is 12.8 Å². The minimum atomic E-state index is 0.262. The van der Waals surface area contributed by atoms with Crippen LogP contribution >= 0.6 is 11.8 Å². The van der Waals surface area contributed by atoms with Crippen LogP contribution in [-0.2, 0) is 0 Å². The minimum Gasteiger partial charge on any atom is -0.395 e. The summed E-state index contributed by atoms with van der Waals surface area (Å²) in [5.41, 5.74) is 0. The molecule has 2 N–H and O–H groups in total. The molecule has 0 radical (unpaired) electrons. The van der Waals surface area contributed by atoms with E-state index in [4.69, 9.17) is 5.11 Å². The Morgan fingerprint density at radius 2 is 1.86 bits per heavy atom. The van der Waals surface area contributed by atoms with Gasteiger partial charge in [-0.2, -0.15) is 11.8 Å². The Morgan fingerprint density at radius 3 is 2.21 bits per heavy atom. The Labute approximate surface area is 92.9 Å². The zero-order valence-electron chi connectivity index (χ0n) is 9.92. The molecule has 0 rings (SSSR count). The van der Waals surface area contributed by atoms with E-state index in [-0.39, 0.29) is 6.61 Å². The fraction of sp³-hybridized carbons (Fsp3) is 1.00. The first-order valence-corrected chi connectivity index (χ1v) is 6.85. The second-order valence-electron chi connectivity index (χ2n) is 3.84. The Balaban J connectivity index is 3.75. The van der Waals surface area contributed by atoms with Gasteiger partial charge in [-0.1, -0.05) is 26.7 Å². The van der Waals surface area contributed by atoms with E-state index in [2.05, 4.69) is 32.3 Å². The van der Waals surface area contributed by atoms with Crippen LogP contribution in [0.3, 0.4) is 0 Å². The molecular formula is C11H25NOS. The van der Waals surface area contributed by atoms with E-state index in [0.29, 0.717) is 11.3 Å². The van der Waals surface area contributed by atoms with E-state index in [9.17, 15) is 0 Å². The average Bonchev–Trinajstić information content (AvgIpc) is 2.21. The predicted octanol–water partition coefficient (Wildman–Crippen LogP) is 2.12. The summed E-state index contributed by atoms with van der Waals surface area (Å²) in [7, 11) is 0. The second kappa shape index (κ2) is 8.57. The molecule has 0 spiro atoms. The standard InChI is InChI=1S/C11H25NOS/c1-5-10(6-2)7-12-9(3)11(8-13)14-4/h9-13H,5-8H2,1-4H3. The largest absolute Gasteiger partial charge is 0.395 e. The molecule has 0 aliphatic heterocycles. The van der Waals surface area contributed by atoms with Gasteiger partial charge in [0.1, 0.15) is 0 Å². The number of hydrogen-bond acceptors (Lipinski definition) is 3. The van der Waals surface area contributed by atoms with Gasteiger partial charge in [-0.15, -0.1) is 0 Å². The van der Waals surface area contributed by atoms with Crippen molar-refractivity contribution in [1.29, 1.82) is 0 Å². The lowest BCUT2D eigenvalue weighted by molar-refractivity contribution is 0.272. The third-order valence-corrected chi connectivity index (χ3v) is 4.09. The van der Waals surface area contributed by atoms with Gasteiger partial charge < -0.3 is 10.4 Å². The monoisotopic (exact) mass is 219 g/mol. The van der Waals surface area contributed by atoms with Crippen molar-refractivity contribution in [3.05, 3.63) is 0 Å². The minimum absolute atomic E-state index is 0.262. The summed E-state index contributed by atoms with van der Waals surface area (Å²) in [5, 5.41) is 12.9. The molecule has 0 amide bonds. The summed E-state index contributed by atoms with van der Waals surface area (Å²) in [6.07, 6.45) is 4.52. The van der Waals surface area contributed by atoms with Crippen molar-refractivity contribution in [2.75, 3.05) is 19.4 Å². The summed E-state index contributed by atoms with van der Waals surface area (Å²) in [4.78, 5) is 0. The van der Waals surface area contributed by atoms with Crippen LogP contribution in [0.1, 0.15) is 33.6 Å². The molecule has 0 aliphatic carbocycles. The number of nitrogens with one attached hydrogen (secondary N) is 1. The van der Waals surface area contributed by atoms with Crippen molar-refractivity contribution < 1.29 is 5.11 Å². The van der Waals surface area contributed by atoms with Crippen LogP contribution < -0.4 is 5.32 Å². The summed E-state index contributed by atoms with van der Waals surface area (Å²) in [6, 6.07) is 0.399. The van der Waals surface area contributed by atoms with Crippen molar-refractivity contribution in [2.45, 2.75) is 44.9 Å². The number of aliphatic hydroxyl groups excluding tert-OH is 1. The molecule has 2 nitrogen and oxygen atoms in total. The molecule has 0 fully saturated rings. The number of thioether (sulfide) groups is 1. The van der Waals surface area contributed by atoms with Crippen LogP contribution in [0.5, 0.6) is 0 Å². The highest BCUT2D eigenvalue weighted by Crippen LogP contribution is 2.12. The molecule has 0 aromatic carbocycles. The highest BCUT2D eigenvalue weighted by Gasteiger charge is 2.15. The fourth-order valence-corrected chi connectivity index (χ4v) is 2.15. The topological polar surface area (TPSA) is 32.3 Å². The molecule has 0 aliphatic rings. The summed E-state index contributed by atoms with van der Waals surface area (Å²) < 4.78 is 0. The first-order valence-electron chi connectivity index (χ1n) is 5.56. The smallest absolute Gasteiger partial charge is 0.0564 e. The van der Waals surface area contributed by atoms with E-state index in [0.717, 1.165) is 12.5 Å². The van der Waals surface area contributed by atoms with Gasteiger partial charge in [-0.05, 0) is 25.6 Å². The highest BCUT2D eigenvalue weighted by molar-refractivity contribution is 7.99. The fourth-order valence-electron chi connectivity index (χ4n) is 1.50. The zero-order chi connectivity index (χ0) is 11.0. The molecule has 3 heteroatoms. The number of hydrogen-bond donors (Lipinski definition) is 2. The van der Waals surface area contributed by atoms with Crippen molar-refractivity contribution in [1.82, 2.24) is 5.32 Å². The quantitative estimate of drug-likeness (QED) is 0.656. The van der Waals surface area contributed by atoms with Gasteiger partial charge in [0.25, 0.3) is 0 Å². The summed E-state index contributed by atoms with van der Waals surface area (Å²) >= 11 is 1.73. The maximum atomic E-state index is 9.12. The molecule has 0 saturated carbocycles. The Morgan fingerprint density at radius 1 is 1.29 bits per heavy atom. The van der Waals surface area contributed by atoms with Gasteiger partial charge in [0.15, 0.2) is 0 Å². The summed E-state index contributed by atoms with van der Waals surface area (Å²) in [5.74, 6) is 0.777. The van der Waals surface area contributed by atoms with Crippen LogP contribution in [0, 0.1) is 5.92 Å². The molecule has 0 aromatic heterocycles. The summed E-state index contributed by atoms with van der Waals surface area (Å²) in [6.45, 7) is 7.96. The van der Waals surface area contributed by atoms with Crippen LogP contribution in [0.25, 0.3) is 0 Å². The van der Waals surface area contributed by atoms with E-state index >= 15 is 0 Å². The van der Waals surface area contributed by atoms with E-state index < -0.39 is 0 Å². The van der Waals surface area contributed by atoms with Crippen LogP contribution in [0.4, 0.5) is 0 Å². The Hall–Kier alpha value is 0.270. The van der Waals surface area contributed by atoms with Crippen LogP contribution in [-0.4, -0.2) is 35.8 Å². The maximum Gasteiger partial charge on any atom is 0.0564 e. The van der Waals surface area contributed by atoms with Crippen molar-refractivity contribution in [3.63, 3.8) is 0 Å². The molecule has 2 atom stereocenters. The number of aliphatic hydroxyl groups is 1. The molecule has 0 saturated heterocycles. The average molecular weight is 219 g/mol. The molecule has 14 heavy (non-hydrogen) atoms. The SMILES string of the molecule is CCC(CC)CNC(C)C(CO)SC. The molecule has 0 bridgehead atoms. The maximum absolute atomic E-state index is 9.12. The lowest BCUT2D eigenvalue weighted by atomic mass is 10.0. The second-order valence-corrected chi connectivity index (χ2v) is 4.91. The Kier molecular flexibility index (Phi) is 8.73. The third-order valence-electron chi connectivity index (χ3n) is 2.92. The van der Waals surface area contributed by atoms with Crippen molar-refractivity contribution in [2.24, 2.45) is 5.92 Å². The third kappa shape index (κ3) is 5.23. The highest BCUT2D eigenvalue weighted by atomic mass is 32.2. The van der Waals surface area contributed by atoms with E-state index in [1.807, 2.05) is 0 Å². The first kappa shape index (κ1) is 14.3. The molecule has 86 valence electrons. The molecule has 2 unspecified atom stereocenters. The molecular weight excluding hydrogens is 194 g/mol. The zero-order valence-corrected chi connectivity index (χ0v) is 10.7. The van der Waals surface area contributed by atoms with Crippen LogP contribution in [0.2, 0.25) is 0 Å². The van der Waals surface area contributed by atoms with Gasteiger partial charge in [0, 0.05) is 11.3 Å². The predicted molar refractivity (Wildman–Crippen MR) is 65.9 cm³/mol. The van der Waals surface area contributed by atoms with Crippen LogP contribution in [0.15, 0.2) is 0 Å². The Bertz CT molecular complexity index is 124. The van der Waals surface area contributed by atoms with Gasteiger partial charge >= 0.3 is 0 Å². The lowest BCUT2D eigenvalue weighted by Crippen LogP contribution is -2.39. The number of rotatable bonds is 8. The van der Waals surface area contributed by atoms with E-state index in [1.54, 1.807) is 11.8 Å². The van der Waals surface area contributed by atoms with Gasteiger partial charge in [-0.3, -0.25) is 0 Å².